The highest BCUT2D eigenvalue weighted by Gasteiger charge is 2.33. The van der Waals surface area contributed by atoms with Crippen LogP contribution < -0.4 is 19.6 Å². The van der Waals surface area contributed by atoms with Gasteiger partial charge in [-0.2, -0.15) is 5.01 Å². The summed E-state index contributed by atoms with van der Waals surface area (Å²) >= 11 is 6.34. The summed E-state index contributed by atoms with van der Waals surface area (Å²) in [7, 11) is 2.99. The molecule has 1 aliphatic heterocycles. The van der Waals surface area contributed by atoms with Crippen LogP contribution in [0.3, 0.4) is 0 Å². The average molecular weight is 517 g/mol. The quantitative estimate of drug-likeness (QED) is 0.304. The summed E-state index contributed by atoms with van der Waals surface area (Å²) < 4.78 is 21.2. The zero-order chi connectivity index (χ0) is 25.5. The van der Waals surface area contributed by atoms with Crippen LogP contribution in [0, 0.1) is 0 Å². The molecule has 0 radical (unpaired) electrons. The molecule has 0 unspecified atom stereocenters. The molecule has 1 N–H and O–H groups in total. The van der Waals surface area contributed by atoms with Crippen LogP contribution >= 0.6 is 24.0 Å². The highest BCUT2D eigenvalue weighted by Crippen LogP contribution is 2.34. The Morgan fingerprint density at radius 2 is 1.80 bits per heavy atom. The van der Waals surface area contributed by atoms with Crippen LogP contribution in [0.25, 0.3) is 6.08 Å². The number of hydrogen-bond donors (Lipinski definition) is 1. The van der Waals surface area contributed by atoms with Crippen LogP contribution in [0.2, 0.25) is 0 Å². The van der Waals surface area contributed by atoms with Crippen LogP contribution in [-0.2, 0) is 14.3 Å². The number of esters is 1. The van der Waals surface area contributed by atoms with Crippen molar-refractivity contribution in [2.75, 3.05) is 20.8 Å². The number of amides is 2. The number of carbonyl (C=O) groups excluding carboxylic acids is 3. The third kappa shape index (κ3) is 6.74. The van der Waals surface area contributed by atoms with Crippen molar-refractivity contribution in [3.05, 3.63) is 58.5 Å². The lowest BCUT2D eigenvalue weighted by molar-refractivity contribution is -0.149. The Bertz CT molecular complexity index is 1160. The van der Waals surface area contributed by atoms with Gasteiger partial charge in [-0.15, -0.1) is 0 Å². The van der Waals surface area contributed by atoms with E-state index in [1.807, 2.05) is 0 Å². The van der Waals surface area contributed by atoms with E-state index in [2.05, 4.69) is 5.43 Å². The zero-order valence-corrected chi connectivity index (χ0v) is 21.2. The van der Waals surface area contributed by atoms with E-state index in [1.54, 1.807) is 62.4 Å². The Labute approximate surface area is 212 Å². The van der Waals surface area contributed by atoms with Crippen molar-refractivity contribution in [3.63, 3.8) is 0 Å². The van der Waals surface area contributed by atoms with Crippen molar-refractivity contribution < 1.29 is 33.3 Å². The summed E-state index contributed by atoms with van der Waals surface area (Å²) in [6.07, 6.45) is 1.38. The van der Waals surface area contributed by atoms with Gasteiger partial charge in [0.15, 0.2) is 22.4 Å². The smallest absolute Gasteiger partial charge is 0.344 e. The van der Waals surface area contributed by atoms with Crippen LogP contribution in [0.4, 0.5) is 0 Å². The average Bonchev–Trinajstić information content (AvgIpc) is 3.09. The number of thioether (sulfide) groups is 1. The largest absolute Gasteiger partial charge is 0.497 e. The number of carbonyl (C=O) groups is 3. The topological polar surface area (TPSA) is 103 Å². The third-order valence-corrected chi connectivity index (χ3v) is 5.86. The lowest BCUT2D eigenvalue weighted by Gasteiger charge is -2.15. The molecule has 0 bridgehead atoms. The molecule has 0 atom stereocenters. The second kappa shape index (κ2) is 11.7. The molecule has 0 spiro atoms. The molecular weight excluding hydrogens is 492 g/mol. The first-order chi connectivity index (χ1) is 16.7. The minimum atomic E-state index is -0.494. The number of ether oxygens (including phenoxy) is 4. The molecule has 11 heteroatoms. The Kier molecular flexibility index (Phi) is 8.72. The molecule has 2 aromatic carbocycles. The first kappa shape index (κ1) is 26.0. The Balaban J connectivity index is 1.70. The molecule has 9 nitrogen and oxygen atoms in total. The third-order valence-electron chi connectivity index (χ3n) is 4.56. The summed E-state index contributed by atoms with van der Waals surface area (Å²) in [6, 6.07) is 11.4. The molecule has 35 heavy (non-hydrogen) atoms. The van der Waals surface area contributed by atoms with Gasteiger partial charge in [-0.25, -0.2) is 4.79 Å². The number of nitrogens with one attached hydrogen (secondary N) is 1. The molecule has 3 rings (SSSR count). The lowest BCUT2D eigenvalue weighted by atomic mass is 10.2. The second-order valence-electron chi connectivity index (χ2n) is 7.42. The van der Waals surface area contributed by atoms with Gasteiger partial charge in [0.05, 0.1) is 25.2 Å². The lowest BCUT2D eigenvalue weighted by Crippen LogP contribution is -2.44. The number of thiocarbonyl (C=S) groups is 1. The van der Waals surface area contributed by atoms with E-state index in [1.165, 1.54) is 14.2 Å². The highest BCUT2D eigenvalue weighted by molar-refractivity contribution is 8.26. The van der Waals surface area contributed by atoms with E-state index in [-0.39, 0.29) is 17.0 Å². The van der Waals surface area contributed by atoms with Crippen LogP contribution in [0.15, 0.2) is 47.4 Å². The van der Waals surface area contributed by atoms with Crippen LogP contribution in [0.1, 0.15) is 29.8 Å². The molecule has 1 fully saturated rings. The Morgan fingerprint density at radius 1 is 1.09 bits per heavy atom. The van der Waals surface area contributed by atoms with Crippen molar-refractivity contribution in [2.45, 2.75) is 20.0 Å². The molecule has 2 aromatic rings. The number of rotatable bonds is 9. The van der Waals surface area contributed by atoms with Crippen molar-refractivity contribution in [1.29, 1.82) is 0 Å². The molecule has 2 amide bonds. The molecule has 0 aromatic heterocycles. The van der Waals surface area contributed by atoms with Gasteiger partial charge in [0, 0.05) is 5.56 Å². The van der Waals surface area contributed by atoms with Crippen LogP contribution in [-0.4, -0.2) is 54.0 Å². The maximum absolute atomic E-state index is 12.9. The molecular formula is C24H24N2O7S2. The van der Waals surface area contributed by atoms with Crippen molar-refractivity contribution in [2.24, 2.45) is 0 Å². The van der Waals surface area contributed by atoms with Gasteiger partial charge >= 0.3 is 5.97 Å². The fraction of sp³-hybridized carbons (Fsp3) is 0.250. The van der Waals surface area contributed by atoms with E-state index in [0.29, 0.717) is 33.3 Å². The number of benzene rings is 2. The summed E-state index contributed by atoms with van der Waals surface area (Å²) in [6.45, 7) is 3.24. The van der Waals surface area contributed by atoms with Gasteiger partial charge in [0.1, 0.15) is 5.75 Å². The molecule has 1 saturated heterocycles. The minimum absolute atomic E-state index is 0.193. The predicted octanol–water partition coefficient (Wildman–Crippen LogP) is 3.58. The van der Waals surface area contributed by atoms with Gasteiger partial charge in [-0.1, -0.05) is 17.8 Å². The molecule has 184 valence electrons. The molecule has 1 heterocycles. The summed E-state index contributed by atoms with van der Waals surface area (Å²) in [4.78, 5) is 37.5. The molecule has 1 aliphatic rings. The predicted molar refractivity (Wildman–Crippen MR) is 135 cm³/mol. The number of nitrogens with zero attached hydrogens (tertiary/aromatic N) is 1. The number of hydrazine groups is 1. The molecule has 0 aliphatic carbocycles. The monoisotopic (exact) mass is 516 g/mol. The van der Waals surface area contributed by atoms with Crippen molar-refractivity contribution in [1.82, 2.24) is 10.4 Å². The van der Waals surface area contributed by atoms with E-state index in [4.69, 9.17) is 31.2 Å². The maximum Gasteiger partial charge on any atom is 0.344 e. The second-order valence-corrected chi connectivity index (χ2v) is 9.10. The summed E-state index contributed by atoms with van der Waals surface area (Å²) in [5, 5.41) is 1.04. The number of methoxy groups -OCH3 is 2. The van der Waals surface area contributed by atoms with E-state index in [0.717, 1.165) is 16.8 Å². The Morgan fingerprint density at radius 3 is 2.43 bits per heavy atom. The van der Waals surface area contributed by atoms with E-state index < -0.39 is 17.8 Å². The summed E-state index contributed by atoms with van der Waals surface area (Å²) in [5.41, 5.74) is 3.52. The van der Waals surface area contributed by atoms with Crippen LogP contribution in [0.5, 0.6) is 17.2 Å². The summed E-state index contributed by atoms with van der Waals surface area (Å²) in [5.74, 6) is -0.102. The standard InChI is InChI=1S/C24H24N2O7S2/c1-14(2)33-21(27)13-32-18-10-5-15(11-19(18)31-4)12-20-23(29)26(24(34)35-20)25-22(28)16-6-8-17(30-3)9-7-16/h5-12,14H,13H2,1-4H3,(H,25,28)/b20-12-. The van der Waals surface area contributed by atoms with Gasteiger partial charge in [-0.05, 0) is 74.1 Å². The van der Waals surface area contributed by atoms with Crippen molar-refractivity contribution >= 4 is 52.2 Å². The SMILES string of the molecule is COc1ccc(C(=O)NN2C(=O)/C(=C/c3ccc(OCC(=O)OC(C)C)c(OC)c3)SC2=S)cc1. The van der Waals surface area contributed by atoms with Gasteiger partial charge < -0.3 is 18.9 Å². The maximum atomic E-state index is 12.9. The minimum Gasteiger partial charge on any atom is -0.497 e. The van der Waals surface area contributed by atoms with Crippen molar-refractivity contribution in [3.8, 4) is 17.2 Å². The highest BCUT2D eigenvalue weighted by atomic mass is 32.2. The number of hydrogen-bond acceptors (Lipinski definition) is 9. The Hall–Kier alpha value is -3.57. The fourth-order valence-electron chi connectivity index (χ4n) is 2.95. The first-order valence-corrected chi connectivity index (χ1v) is 11.7. The van der Waals surface area contributed by atoms with E-state index in [9.17, 15) is 14.4 Å². The first-order valence-electron chi connectivity index (χ1n) is 10.4. The zero-order valence-electron chi connectivity index (χ0n) is 19.5. The van der Waals surface area contributed by atoms with Gasteiger partial charge in [-0.3, -0.25) is 15.0 Å². The van der Waals surface area contributed by atoms with E-state index >= 15 is 0 Å². The van der Waals surface area contributed by atoms with Gasteiger partial charge in [0.25, 0.3) is 11.8 Å². The normalized spacial score (nSPS) is 14.3. The fourth-order valence-corrected chi connectivity index (χ4v) is 4.13. The van der Waals surface area contributed by atoms with Gasteiger partial charge in [0.2, 0.25) is 0 Å². The molecule has 0 saturated carbocycles.